The normalized spacial score (nSPS) is 12.7. The summed E-state index contributed by atoms with van der Waals surface area (Å²) in [6.07, 6.45) is -6.27. The van der Waals surface area contributed by atoms with Gasteiger partial charge >= 0.3 is 12.4 Å². The van der Waals surface area contributed by atoms with Crippen LogP contribution < -0.4 is 0 Å². The van der Waals surface area contributed by atoms with Crippen molar-refractivity contribution >= 4 is 17.2 Å². The molecule has 0 saturated carbocycles. The van der Waals surface area contributed by atoms with Crippen molar-refractivity contribution in [2.45, 2.75) is 26.2 Å². The summed E-state index contributed by atoms with van der Waals surface area (Å²) in [7, 11) is 0. The fourth-order valence-corrected chi connectivity index (χ4v) is 3.23. The second kappa shape index (κ2) is 8.65. The van der Waals surface area contributed by atoms with E-state index in [9.17, 15) is 26.3 Å². The molecule has 32 heavy (non-hydrogen) atoms. The lowest BCUT2D eigenvalue weighted by molar-refractivity contribution is -0.143. The Hall–Kier alpha value is -3.35. The average Bonchev–Trinajstić information content (AvgIpc) is 2.72. The Morgan fingerprint density at radius 1 is 0.812 bits per heavy atom. The first-order valence-corrected chi connectivity index (χ1v) is 9.56. The number of alkyl halides is 6. The Balaban J connectivity index is 2.00. The zero-order valence-corrected chi connectivity index (χ0v) is 17.3. The molecule has 3 aromatic rings. The van der Waals surface area contributed by atoms with Crippen molar-refractivity contribution in [2.24, 2.45) is 0 Å². The van der Waals surface area contributed by atoms with E-state index in [1.54, 1.807) is 24.4 Å². The molecule has 0 amide bonds. The van der Waals surface area contributed by atoms with Crippen molar-refractivity contribution < 1.29 is 26.3 Å². The maximum Gasteiger partial charge on any atom is 0.416 e. The first-order valence-electron chi connectivity index (χ1n) is 9.56. The SMILES string of the molecule is C=C(C)c1cccnc1/C=C(\C)c1ccc(-c2cc(C(F)(F)F)cc(C(F)(F)F)c2)cc1. The highest BCUT2D eigenvalue weighted by molar-refractivity contribution is 5.83. The topological polar surface area (TPSA) is 12.9 Å². The number of nitrogens with zero attached hydrogens (tertiary/aromatic N) is 1. The predicted octanol–water partition coefficient (Wildman–Crippen LogP) is 8.38. The smallest absolute Gasteiger partial charge is 0.256 e. The first kappa shape index (κ1) is 23.3. The molecule has 0 atom stereocenters. The maximum atomic E-state index is 13.1. The zero-order valence-electron chi connectivity index (χ0n) is 17.3. The molecule has 1 aromatic heterocycles. The Kier molecular flexibility index (Phi) is 6.30. The van der Waals surface area contributed by atoms with E-state index in [4.69, 9.17) is 0 Å². The van der Waals surface area contributed by atoms with E-state index in [2.05, 4.69) is 11.6 Å². The molecule has 0 N–H and O–H groups in total. The lowest BCUT2D eigenvalue weighted by Gasteiger charge is -2.14. The molecule has 0 aliphatic rings. The van der Waals surface area contributed by atoms with Gasteiger partial charge in [-0.3, -0.25) is 4.98 Å². The van der Waals surface area contributed by atoms with Crippen LogP contribution in [0.2, 0.25) is 0 Å². The third-order valence-electron chi connectivity index (χ3n) is 4.91. The van der Waals surface area contributed by atoms with E-state index < -0.39 is 23.5 Å². The number of benzene rings is 2. The summed E-state index contributed by atoms with van der Waals surface area (Å²) in [4.78, 5) is 4.35. The van der Waals surface area contributed by atoms with Gasteiger partial charge in [-0.15, -0.1) is 0 Å². The van der Waals surface area contributed by atoms with Crippen LogP contribution in [-0.2, 0) is 12.4 Å². The van der Waals surface area contributed by atoms with Crippen molar-refractivity contribution in [3.05, 3.63) is 95.3 Å². The van der Waals surface area contributed by atoms with Crippen molar-refractivity contribution in [1.82, 2.24) is 4.98 Å². The largest absolute Gasteiger partial charge is 0.416 e. The van der Waals surface area contributed by atoms with E-state index in [0.29, 0.717) is 5.69 Å². The molecule has 166 valence electrons. The highest BCUT2D eigenvalue weighted by Gasteiger charge is 2.37. The molecule has 0 fully saturated rings. The van der Waals surface area contributed by atoms with Gasteiger partial charge in [0.2, 0.25) is 0 Å². The standard InChI is InChI=1S/C25H19F6N/c1-15(2)22-5-4-10-32-23(22)11-16(3)17-6-8-18(9-7-17)19-12-20(24(26,27)28)14-21(13-19)25(29,30)31/h4-14H,1H2,2-3H3/b16-11+. The summed E-state index contributed by atoms with van der Waals surface area (Å²) < 4.78 is 78.8. The Labute approximate surface area is 181 Å². The molecule has 1 nitrogen and oxygen atoms in total. The van der Waals surface area contributed by atoms with Gasteiger partial charge in [0.1, 0.15) is 0 Å². The van der Waals surface area contributed by atoms with Gasteiger partial charge < -0.3 is 0 Å². The van der Waals surface area contributed by atoms with Gasteiger partial charge in [-0.2, -0.15) is 26.3 Å². The molecule has 3 rings (SSSR count). The summed E-state index contributed by atoms with van der Waals surface area (Å²) in [6, 6.07) is 11.6. The van der Waals surface area contributed by atoms with E-state index in [-0.39, 0.29) is 17.2 Å². The highest BCUT2D eigenvalue weighted by Crippen LogP contribution is 2.38. The van der Waals surface area contributed by atoms with Gasteiger partial charge in [0.25, 0.3) is 0 Å². The van der Waals surface area contributed by atoms with Gasteiger partial charge in [-0.25, -0.2) is 0 Å². The molecular formula is C25H19F6N. The van der Waals surface area contributed by atoms with Gasteiger partial charge in [0.05, 0.1) is 16.8 Å². The molecule has 0 spiro atoms. The van der Waals surface area contributed by atoms with Crippen molar-refractivity contribution in [3.8, 4) is 11.1 Å². The van der Waals surface area contributed by atoms with E-state index in [1.807, 2.05) is 26.0 Å². The van der Waals surface area contributed by atoms with Gasteiger partial charge in [0, 0.05) is 11.8 Å². The van der Waals surface area contributed by atoms with E-state index >= 15 is 0 Å². The second-order valence-corrected chi connectivity index (χ2v) is 7.42. The third-order valence-corrected chi connectivity index (χ3v) is 4.91. The number of allylic oxidation sites excluding steroid dienone is 2. The second-order valence-electron chi connectivity index (χ2n) is 7.42. The number of aromatic nitrogens is 1. The Morgan fingerprint density at radius 2 is 1.38 bits per heavy atom. The highest BCUT2D eigenvalue weighted by atomic mass is 19.4. The van der Waals surface area contributed by atoms with Gasteiger partial charge in [-0.1, -0.05) is 36.9 Å². The lowest BCUT2D eigenvalue weighted by atomic mass is 9.96. The molecule has 0 aliphatic heterocycles. The molecule has 0 bridgehead atoms. The van der Waals surface area contributed by atoms with E-state index in [0.717, 1.165) is 34.4 Å². The minimum atomic E-state index is -4.89. The predicted molar refractivity (Wildman–Crippen MR) is 114 cm³/mol. The van der Waals surface area contributed by atoms with Crippen LogP contribution in [0.5, 0.6) is 0 Å². The summed E-state index contributed by atoms with van der Waals surface area (Å²) in [6.45, 7) is 7.64. The fraction of sp³-hybridized carbons (Fsp3) is 0.160. The molecule has 0 saturated heterocycles. The number of rotatable bonds is 4. The van der Waals surface area contributed by atoms with Crippen LogP contribution in [0.4, 0.5) is 26.3 Å². The Bertz CT molecular complexity index is 1140. The Morgan fingerprint density at radius 3 is 1.88 bits per heavy atom. The molecule has 0 radical (unpaired) electrons. The minimum Gasteiger partial charge on any atom is -0.256 e. The maximum absolute atomic E-state index is 13.1. The number of pyridine rings is 1. The molecule has 2 aromatic carbocycles. The summed E-state index contributed by atoms with van der Waals surface area (Å²) in [5, 5.41) is 0. The summed E-state index contributed by atoms with van der Waals surface area (Å²) in [5.74, 6) is 0. The van der Waals surface area contributed by atoms with Crippen molar-refractivity contribution in [2.75, 3.05) is 0 Å². The summed E-state index contributed by atoms with van der Waals surface area (Å²) >= 11 is 0. The average molecular weight is 447 g/mol. The molecule has 7 heteroatoms. The summed E-state index contributed by atoms with van der Waals surface area (Å²) in [5.41, 5.74) is 1.44. The van der Waals surface area contributed by atoms with Crippen LogP contribution in [0, 0.1) is 0 Å². The van der Waals surface area contributed by atoms with Gasteiger partial charge in [-0.05, 0) is 72.0 Å². The van der Waals surface area contributed by atoms with E-state index in [1.165, 1.54) is 12.1 Å². The molecule has 0 unspecified atom stereocenters. The minimum absolute atomic E-state index is 0.122. The lowest BCUT2D eigenvalue weighted by Crippen LogP contribution is -2.11. The molecule has 0 aliphatic carbocycles. The van der Waals surface area contributed by atoms with Crippen LogP contribution in [-0.4, -0.2) is 4.98 Å². The zero-order chi connectivity index (χ0) is 23.7. The van der Waals surface area contributed by atoms with Crippen molar-refractivity contribution in [1.29, 1.82) is 0 Å². The number of hydrogen-bond acceptors (Lipinski definition) is 1. The van der Waals surface area contributed by atoms with Crippen LogP contribution >= 0.6 is 0 Å². The monoisotopic (exact) mass is 447 g/mol. The molecular weight excluding hydrogens is 428 g/mol. The van der Waals surface area contributed by atoms with Crippen LogP contribution in [0.15, 0.2) is 67.4 Å². The molecule has 1 heterocycles. The number of halogens is 6. The van der Waals surface area contributed by atoms with Gasteiger partial charge in [0.15, 0.2) is 0 Å². The number of hydrogen-bond donors (Lipinski definition) is 0. The van der Waals surface area contributed by atoms with Crippen LogP contribution in [0.3, 0.4) is 0 Å². The van der Waals surface area contributed by atoms with Crippen LogP contribution in [0.1, 0.15) is 41.8 Å². The van der Waals surface area contributed by atoms with Crippen LogP contribution in [0.25, 0.3) is 28.3 Å². The first-order chi connectivity index (χ1) is 14.9. The van der Waals surface area contributed by atoms with Crippen molar-refractivity contribution in [3.63, 3.8) is 0 Å². The quantitative estimate of drug-likeness (QED) is 0.366. The fourth-order valence-electron chi connectivity index (χ4n) is 3.23. The third kappa shape index (κ3) is 5.28.